The first-order chi connectivity index (χ1) is 9.65. The number of carbonyl (C=O) groups is 1. The van der Waals surface area contributed by atoms with E-state index in [0.29, 0.717) is 16.8 Å². The molecule has 0 saturated heterocycles. The van der Waals surface area contributed by atoms with Crippen molar-refractivity contribution < 1.29 is 4.79 Å². The number of nitrogens with zero attached hydrogens (tertiary/aromatic N) is 2. The Morgan fingerprint density at radius 3 is 2.55 bits per heavy atom. The molecule has 0 atom stereocenters. The molecular weight excluding hydrogens is 316 g/mol. The van der Waals surface area contributed by atoms with E-state index in [9.17, 15) is 4.79 Å². The number of benzene rings is 2. The first-order valence-electron chi connectivity index (χ1n) is 6.09. The molecule has 0 aliphatic carbocycles. The molecule has 0 aliphatic rings. The summed E-state index contributed by atoms with van der Waals surface area (Å²) < 4.78 is 0. The molecule has 0 aromatic heterocycles. The van der Waals surface area contributed by atoms with Crippen molar-refractivity contribution in [1.82, 2.24) is 0 Å². The number of hydrogen-bond acceptors (Lipinski definition) is 2. The largest absolute Gasteiger partial charge is 0.311 e. The van der Waals surface area contributed by atoms with Crippen LogP contribution in [-0.2, 0) is 5.33 Å². The van der Waals surface area contributed by atoms with Gasteiger partial charge in [0.1, 0.15) is 0 Å². The molecule has 2 aromatic rings. The summed E-state index contributed by atoms with van der Waals surface area (Å²) in [6.45, 7) is 0. The summed E-state index contributed by atoms with van der Waals surface area (Å²) in [7, 11) is 1.71. The maximum Gasteiger partial charge on any atom is 0.258 e. The first-order valence-corrected chi connectivity index (χ1v) is 7.21. The van der Waals surface area contributed by atoms with Gasteiger partial charge >= 0.3 is 0 Å². The number of amides is 1. The summed E-state index contributed by atoms with van der Waals surface area (Å²) in [5.74, 6) is -0.0961. The average Bonchev–Trinajstić information content (AvgIpc) is 2.53. The van der Waals surface area contributed by atoms with Crippen LogP contribution in [-0.4, -0.2) is 13.0 Å². The Morgan fingerprint density at radius 2 is 1.95 bits per heavy atom. The van der Waals surface area contributed by atoms with Crippen LogP contribution in [0.25, 0.3) is 0 Å². The normalized spacial score (nSPS) is 9.85. The molecule has 0 bridgehead atoms. The highest BCUT2D eigenvalue weighted by Gasteiger charge is 2.13. The summed E-state index contributed by atoms with van der Waals surface area (Å²) >= 11 is 3.37. The molecule has 0 N–H and O–H groups in total. The predicted octanol–water partition coefficient (Wildman–Crippen LogP) is 3.73. The van der Waals surface area contributed by atoms with E-state index in [1.807, 2.05) is 30.3 Å². The smallest absolute Gasteiger partial charge is 0.258 e. The Bertz CT molecular complexity index is 659. The Labute approximate surface area is 126 Å². The Hall–Kier alpha value is -2.12. The van der Waals surface area contributed by atoms with Gasteiger partial charge in [-0.3, -0.25) is 4.79 Å². The zero-order chi connectivity index (χ0) is 14.5. The van der Waals surface area contributed by atoms with Crippen molar-refractivity contribution in [2.24, 2.45) is 0 Å². The second-order valence-electron chi connectivity index (χ2n) is 4.36. The van der Waals surface area contributed by atoms with E-state index in [4.69, 9.17) is 5.26 Å². The van der Waals surface area contributed by atoms with Gasteiger partial charge in [-0.05, 0) is 35.9 Å². The van der Waals surface area contributed by atoms with Gasteiger partial charge in [-0.1, -0.05) is 34.1 Å². The van der Waals surface area contributed by atoms with Crippen LogP contribution in [0.15, 0.2) is 48.5 Å². The average molecular weight is 329 g/mol. The molecule has 0 aliphatic heterocycles. The van der Waals surface area contributed by atoms with Crippen LogP contribution in [0.5, 0.6) is 0 Å². The minimum Gasteiger partial charge on any atom is -0.311 e. The van der Waals surface area contributed by atoms with E-state index in [1.165, 1.54) is 0 Å². The minimum absolute atomic E-state index is 0.0961. The molecule has 100 valence electrons. The van der Waals surface area contributed by atoms with Crippen LogP contribution in [0.1, 0.15) is 21.5 Å². The van der Waals surface area contributed by atoms with Crippen molar-refractivity contribution in [3.63, 3.8) is 0 Å². The SMILES string of the molecule is CN(C(=O)c1ccc(CBr)cc1)c1cccc(C#N)c1. The summed E-state index contributed by atoms with van der Waals surface area (Å²) in [6, 6.07) is 16.5. The van der Waals surface area contributed by atoms with E-state index in [-0.39, 0.29) is 5.91 Å². The van der Waals surface area contributed by atoms with Crippen molar-refractivity contribution in [2.75, 3.05) is 11.9 Å². The number of anilines is 1. The molecular formula is C16H13BrN2O. The van der Waals surface area contributed by atoms with Gasteiger partial charge in [-0.2, -0.15) is 5.26 Å². The van der Waals surface area contributed by atoms with Gasteiger partial charge in [0.25, 0.3) is 5.91 Å². The highest BCUT2D eigenvalue weighted by atomic mass is 79.9. The molecule has 0 heterocycles. The van der Waals surface area contributed by atoms with Crippen molar-refractivity contribution in [2.45, 2.75) is 5.33 Å². The number of halogens is 1. The van der Waals surface area contributed by atoms with E-state index in [0.717, 1.165) is 10.9 Å². The maximum absolute atomic E-state index is 12.4. The number of hydrogen-bond donors (Lipinski definition) is 0. The third kappa shape index (κ3) is 3.06. The molecule has 2 aromatic carbocycles. The number of nitriles is 1. The number of alkyl halides is 1. The lowest BCUT2D eigenvalue weighted by molar-refractivity contribution is 0.0993. The molecule has 0 unspecified atom stereocenters. The molecule has 4 heteroatoms. The molecule has 1 amide bonds. The van der Waals surface area contributed by atoms with Crippen molar-refractivity contribution in [3.8, 4) is 6.07 Å². The Morgan fingerprint density at radius 1 is 1.25 bits per heavy atom. The van der Waals surface area contributed by atoms with Crippen molar-refractivity contribution in [1.29, 1.82) is 5.26 Å². The fraction of sp³-hybridized carbons (Fsp3) is 0.125. The summed E-state index contributed by atoms with van der Waals surface area (Å²) in [5, 5.41) is 9.66. The lowest BCUT2D eigenvalue weighted by Crippen LogP contribution is -2.26. The Balaban J connectivity index is 2.25. The third-order valence-electron chi connectivity index (χ3n) is 3.02. The van der Waals surface area contributed by atoms with Crippen LogP contribution >= 0.6 is 15.9 Å². The van der Waals surface area contributed by atoms with Gasteiger partial charge in [-0.15, -0.1) is 0 Å². The minimum atomic E-state index is -0.0961. The maximum atomic E-state index is 12.4. The summed E-state index contributed by atoms with van der Waals surface area (Å²) in [6.07, 6.45) is 0. The lowest BCUT2D eigenvalue weighted by atomic mass is 10.1. The summed E-state index contributed by atoms with van der Waals surface area (Å²) in [5.41, 5.74) is 2.99. The zero-order valence-electron chi connectivity index (χ0n) is 11.0. The van der Waals surface area contributed by atoms with Gasteiger partial charge in [0.05, 0.1) is 11.6 Å². The monoisotopic (exact) mass is 328 g/mol. The van der Waals surface area contributed by atoms with Crippen LogP contribution in [0.3, 0.4) is 0 Å². The molecule has 0 fully saturated rings. The highest BCUT2D eigenvalue weighted by Crippen LogP contribution is 2.17. The summed E-state index contributed by atoms with van der Waals surface area (Å²) in [4.78, 5) is 13.9. The van der Waals surface area contributed by atoms with Crippen LogP contribution in [0.2, 0.25) is 0 Å². The molecule has 0 radical (unpaired) electrons. The van der Waals surface area contributed by atoms with E-state index >= 15 is 0 Å². The van der Waals surface area contributed by atoms with Crippen LogP contribution in [0.4, 0.5) is 5.69 Å². The van der Waals surface area contributed by atoms with Gasteiger partial charge < -0.3 is 4.90 Å². The predicted molar refractivity (Wildman–Crippen MR) is 83.0 cm³/mol. The molecule has 0 spiro atoms. The quantitative estimate of drug-likeness (QED) is 0.806. The Kier molecular flexibility index (Phi) is 4.54. The zero-order valence-corrected chi connectivity index (χ0v) is 12.6. The van der Waals surface area contributed by atoms with E-state index in [1.54, 1.807) is 30.1 Å². The lowest BCUT2D eigenvalue weighted by Gasteiger charge is -2.17. The fourth-order valence-corrected chi connectivity index (χ4v) is 2.21. The van der Waals surface area contributed by atoms with Crippen LogP contribution in [0, 0.1) is 11.3 Å². The second-order valence-corrected chi connectivity index (χ2v) is 4.92. The number of carbonyl (C=O) groups excluding carboxylic acids is 1. The van der Waals surface area contributed by atoms with Gasteiger partial charge in [-0.25, -0.2) is 0 Å². The second kappa shape index (κ2) is 6.36. The van der Waals surface area contributed by atoms with Crippen LogP contribution < -0.4 is 4.90 Å². The van der Waals surface area contributed by atoms with Crippen molar-refractivity contribution in [3.05, 3.63) is 65.2 Å². The van der Waals surface area contributed by atoms with E-state index in [2.05, 4.69) is 22.0 Å². The van der Waals surface area contributed by atoms with Gasteiger partial charge in [0.2, 0.25) is 0 Å². The topological polar surface area (TPSA) is 44.1 Å². The van der Waals surface area contributed by atoms with Crippen molar-refractivity contribution >= 4 is 27.5 Å². The third-order valence-corrected chi connectivity index (χ3v) is 3.67. The van der Waals surface area contributed by atoms with Gasteiger partial charge in [0, 0.05) is 23.6 Å². The van der Waals surface area contributed by atoms with Gasteiger partial charge in [0.15, 0.2) is 0 Å². The first kappa shape index (κ1) is 14.3. The molecule has 3 nitrogen and oxygen atoms in total. The highest BCUT2D eigenvalue weighted by molar-refractivity contribution is 9.08. The fourth-order valence-electron chi connectivity index (χ4n) is 1.83. The standard InChI is InChI=1S/C16H13BrN2O/c1-19(15-4-2-3-13(9-15)11-18)16(20)14-7-5-12(10-17)6-8-14/h2-9H,10H2,1H3. The molecule has 20 heavy (non-hydrogen) atoms. The molecule has 0 saturated carbocycles. The molecule has 2 rings (SSSR count). The number of rotatable bonds is 3. The van der Waals surface area contributed by atoms with E-state index < -0.39 is 0 Å².